The molecule has 0 aliphatic heterocycles. The fourth-order valence-corrected chi connectivity index (χ4v) is 1.67. The second kappa shape index (κ2) is 7.01. The van der Waals surface area contributed by atoms with E-state index in [1.54, 1.807) is 0 Å². The molecule has 100 valence electrons. The average molecular weight is 250 g/mol. The Hall–Kier alpha value is -1.55. The lowest BCUT2D eigenvalue weighted by Crippen LogP contribution is -2.32. The number of benzene rings is 1. The standard InChI is InChI=1S/C14H22N2O2/c1-11(2)18-13-6-4-12(5-7-13)8-9-16(3)10-14(15)17/h4-7,11H,8-10H2,1-3H3,(H2,15,17). The highest BCUT2D eigenvalue weighted by atomic mass is 16.5. The van der Waals surface area contributed by atoms with Gasteiger partial charge in [0.05, 0.1) is 12.6 Å². The second-order valence-electron chi connectivity index (χ2n) is 4.76. The smallest absolute Gasteiger partial charge is 0.231 e. The van der Waals surface area contributed by atoms with Gasteiger partial charge in [-0.05, 0) is 45.0 Å². The zero-order chi connectivity index (χ0) is 13.5. The van der Waals surface area contributed by atoms with Gasteiger partial charge in [-0.15, -0.1) is 0 Å². The van der Waals surface area contributed by atoms with Crippen LogP contribution < -0.4 is 10.5 Å². The van der Waals surface area contributed by atoms with E-state index in [0.29, 0.717) is 6.54 Å². The van der Waals surface area contributed by atoms with Crippen LogP contribution in [0.2, 0.25) is 0 Å². The van der Waals surface area contributed by atoms with Crippen molar-refractivity contribution in [1.29, 1.82) is 0 Å². The summed E-state index contributed by atoms with van der Waals surface area (Å²) < 4.78 is 5.58. The zero-order valence-electron chi connectivity index (χ0n) is 11.3. The summed E-state index contributed by atoms with van der Waals surface area (Å²) in [4.78, 5) is 12.6. The molecule has 0 fully saturated rings. The van der Waals surface area contributed by atoms with Crippen molar-refractivity contribution in [3.05, 3.63) is 29.8 Å². The fraction of sp³-hybridized carbons (Fsp3) is 0.500. The molecule has 0 aliphatic carbocycles. The number of nitrogens with zero attached hydrogens (tertiary/aromatic N) is 1. The van der Waals surface area contributed by atoms with Crippen LogP contribution in [-0.4, -0.2) is 37.0 Å². The number of rotatable bonds is 7. The van der Waals surface area contributed by atoms with Crippen molar-refractivity contribution >= 4 is 5.91 Å². The van der Waals surface area contributed by atoms with E-state index in [2.05, 4.69) is 12.1 Å². The Morgan fingerprint density at radius 1 is 1.33 bits per heavy atom. The van der Waals surface area contributed by atoms with Crippen molar-refractivity contribution in [2.45, 2.75) is 26.4 Å². The molecule has 0 aromatic heterocycles. The van der Waals surface area contributed by atoms with Crippen LogP contribution in [0.25, 0.3) is 0 Å². The highest BCUT2D eigenvalue weighted by Crippen LogP contribution is 2.14. The first kappa shape index (κ1) is 14.5. The lowest BCUT2D eigenvalue weighted by atomic mass is 10.1. The normalized spacial score (nSPS) is 10.9. The average Bonchev–Trinajstić information content (AvgIpc) is 2.26. The van der Waals surface area contributed by atoms with Gasteiger partial charge in [0.1, 0.15) is 5.75 Å². The van der Waals surface area contributed by atoms with Crippen LogP contribution in [0.1, 0.15) is 19.4 Å². The largest absolute Gasteiger partial charge is 0.491 e. The van der Waals surface area contributed by atoms with Gasteiger partial charge in [-0.1, -0.05) is 12.1 Å². The summed E-state index contributed by atoms with van der Waals surface area (Å²) in [7, 11) is 1.89. The third kappa shape index (κ3) is 5.68. The van der Waals surface area contributed by atoms with E-state index < -0.39 is 0 Å². The predicted molar refractivity (Wildman–Crippen MR) is 72.6 cm³/mol. The van der Waals surface area contributed by atoms with Crippen molar-refractivity contribution in [1.82, 2.24) is 4.90 Å². The van der Waals surface area contributed by atoms with E-state index in [9.17, 15) is 4.79 Å². The van der Waals surface area contributed by atoms with E-state index in [1.807, 2.05) is 37.9 Å². The maximum atomic E-state index is 10.7. The molecule has 0 spiro atoms. The Balaban J connectivity index is 2.41. The Morgan fingerprint density at radius 2 is 1.94 bits per heavy atom. The number of likely N-dealkylation sites (N-methyl/N-ethyl adjacent to an activating group) is 1. The van der Waals surface area contributed by atoms with Crippen LogP contribution in [0.3, 0.4) is 0 Å². The van der Waals surface area contributed by atoms with Gasteiger partial charge >= 0.3 is 0 Å². The van der Waals surface area contributed by atoms with E-state index >= 15 is 0 Å². The maximum Gasteiger partial charge on any atom is 0.231 e. The molecule has 4 nitrogen and oxygen atoms in total. The molecule has 0 heterocycles. The van der Waals surface area contributed by atoms with Gasteiger partial charge in [0.2, 0.25) is 5.91 Å². The van der Waals surface area contributed by atoms with Gasteiger partial charge in [0.25, 0.3) is 0 Å². The summed E-state index contributed by atoms with van der Waals surface area (Å²) in [6.07, 6.45) is 1.09. The Labute approximate surface area is 109 Å². The van der Waals surface area contributed by atoms with E-state index in [4.69, 9.17) is 10.5 Å². The number of amides is 1. The van der Waals surface area contributed by atoms with Gasteiger partial charge in [0, 0.05) is 6.54 Å². The molecule has 1 amide bonds. The minimum absolute atomic E-state index is 0.192. The first-order valence-electron chi connectivity index (χ1n) is 6.20. The van der Waals surface area contributed by atoms with Gasteiger partial charge in [-0.3, -0.25) is 9.69 Å². The molecule has 4 heteroatoms. The molecule has 0 bridgehead atoms. The van der Waals surface area contributed by atoms with Crippen LogP contribution in [0.5, 0.6) is 5.75 Å². The van der Waals surface area contributed by atoms with Crippen LogP contribution in [0.15, 0.2) is 24.3 Å². The lowest BCUT2D eigenvalue weighted by molar-refractivity contribution is -0.118. The monoisotopic (exact) mass is 250 g/mol. The topological polar surface area (TPSA) is 55.6 Å². The number of primary amides is 1. The zero-order valence-corrected chi connectivity index (χ0v) is 11.3. The quantitative estimate of drug-likeness (QED) is 0.796. The number of ether oxygens (including phenoxy) is 1. The molecular weight excluding hydrogens is 228 g/mol. The molecule has 1 aromatic rings. The minimum atomic E-state index is -0.293. The molecular formula is C14H22N2O2. The first-order chi connectivity index (χ1) is 8.47. The van der Waals surface area contributed by atoms with Gasteiger partial charge < -0.3 is 10.5 Å². The van der Waals surface area contributed by atoms with Crippen molar-refractivity contribution in [2.24, 2.45) is 5.73 Å². The molecule has 0 aliphatic rings. The van der Waals surface area contributed by atoms with Crippen molar-refractivity contribution < 1.29 is 9.53 Å². The van der Waals surface area contributed by atoms with Crippen LogP contribution in [-0.2, 0) is 11.2 Å². The fourth-order valence-electron chi connectivity index (χ4n) is 1.67. The summed E-state index contributed by atoms with van der Waals surface area (Å²) >= 11 is 0. The molecule has 0 radical (unpaired) electrons. The molecule has 0 atom stereocenters. The van der Waals surface area contributed by atoms with E-state index in [0.717, 1.165) is 18.7 Å². The summed E-state index contributed by atoms with van der Waals surface area (Å²) in [5.41, 5.74) is 6.36. The van der Waals surface area contributed by atoms with Gasteiger partial charge in [-0.25, -0.2) is 0 Å². The molecule has 0 unspecified atom stereocenters. The Kier molecular flexibility index (Phi) is 5.65. The third-order valence-corrected chi connectivity index (χ3v) is 2.50. The number of hydrogen-bond donors (Lipinski definition) is 1. The number of hydrogen-bond acceptors (Lipinski definition) is 3. The Bertz CT molecular complexity index is 374. The molecule has 18 heavy (non-hydrogen) atoms. The molecule has 0 saturated carbocycles. The van der Waals surface area contributed by atoms with E-state index in [-0.39, 0.29) is 12.0 Å². The van der Waals surface area contributed by atoms with E-state index in [1.165, 1.54) is 5.56 Å². The SMILES string of the molecule is CC(C)Oc1ccc(CCN(C)CC(N)=O)cc1. The van der Waals surface area contributed by atoms with Crippen LogP contribution in [0, 0.1) is 0 Å². The van der Waals surface area contributed by atoms with Crippen LogP contribution in [0.4, 0.5) is 0 Å². The number of carbonyl (C=O) groups is 1. The third-order valence-electron chi connectivity index (χ3n) is 2.50. The highest BCUT2D eigenvalue weighted by Gasteiger charge is 2.03. The van der Waals surface area contributed by atoms with Gasteiger partial charge in [-0.2, -0.15) is 0 Å². The molecule has 1 rings (SSSR count). The second-order valence-corrected chi connectivity index (χ2v) is 4.76. The maximum absolute atomic E-state index is 10.7. The van der Waals surface area contributed by atoms with Gasteiger partial charge in [0.15, 0.2) is 0 Å². The first-order valence-corrected chi connectivity index (χ1v) is 6.20. The minimum Gasteiger partial charge on any atom is -0.491 e. The molecule has 1 aromatic carbocycles. The summed E-state index contributed by atoms with van der Waals surface area (Å²) in [6.45, 7) is 5.13. The highest BCUT2D eigenvalue weighted by molar-refractivity contribution is 5.75. The van der Waals surface area contributed by atoms with Crippen molar-refractivity contribution in [3.63, 3.8) is 0 Å². The predicted octanol–water partition coefficient (Wildman–Crippen LogP) is 1.43. The molecule has 2 N–H and O–H groups in total. The van der Waals surface area contributed by atoms with Crippen molar-refractivity contribution in [3.8, 4) is 5.75 Å². The number of carbonyl (C=O) groups excluding carboxylic acids is 1. The summed E-state index contributed by atoms with van der Waals surface area (Å²) in [6, 6.07) is 8.05. The summed E-state index contributed by atoms with van der Waals surface area (Å²) in [5, 5.41) is 0. The van der Waals surface area contributed by atoms with Crippen molar-refractivity contribution in [2.75, 3.05) is 20.1 Å². The number of nitrogens with two attached hydrogens (primary N) is 1. The van der Waals surface area contributed by atoms with Crippen LogP contribution >= 0.6 is 0 Å². The molecule has 0 saturated heterocycles. The summed E-state index contributed by atoms with van der Waals surface area (Å²) in [5.74, 6) is 0.595. The lowest BCUT2D eigenvalue weighted by Gasteiger charge is -2.14. The Morgan fingerprint density at radius 3 is 2.44 bits per heavy atom.